The first-order valence-corrected chi connectivity index (χ1v) is 8.62. The van der Waals surface area contributed by atoms with Crippen molar-refractivity contribution in [2.75, 3.05) is 44.2 Å². The molecular formula is C19H21N5O. The summed E-state index contributed by atoms with van der Waals surface area (Å²) in [4.78, 5) is 9.34. The Labute approximate surface area is 146 Å². The Bertz CT molecular complexity index is 963. The maximum atomic E-state index is 9.59. The van der Waals surface area contributed by atoms with Crippen molar-refractivity contribution in [1.29, 1.82) is 5.26 Å². The molecule has 1 saturated heterocycles. The van der Waals surface area contributed by atoms with Crippen molar-refractivity contribution in [3.05, 3.63) is 41.5 Å². The Balaban J connectivity index is 1.85. The number of nitriles is 1. The molecule has 0 radical (unpaired) electrons. The van der Waals surface area contributed by atoms with E-state index in [9.17, 15) is 5.26 Å². The van der Waals surface area contributed by atoms with Crippen LogP contribution < -0.4 is 4.90 Å². The minimum Gasteiger partial charge on any atom is -0.395 e. The molecule has 0 bridgehead atoms. The third-order valence-corrected chi connectivity index (χ3v) is 4.98. The molecule has 0 unspecified atom stereocenters. The minimum atomic E-state index is 0.201. The van der Waals surface area contributed by atoms with Crippen molar-refractivity contribution in [3.8, 4) is 6.07 Å². The summed E-state index contributed by atoms with van der Waals surface area (Å²) >= 11 is 0. The van der Waals surface area contributed by atoms with E-state index in [2.05, 4.69) is 32.4 Å². The highest BCUT2D eigenvalue weighted by molar-refractivity contribution is 5.85. The zero-order valence-electron chi connectivity index (χ0n) is 14.3. The lowest BCUT2D eigenvalue weighted by atomic mass is 10.1. The van der Waals surface area contributed by atoms with Gasteiger partial charge in [-0.15, -0.1) is 0 Å². The van der Waals surface area contributed by atoms with Gasteiger partial charge in [-0.25, -0.2) is 4.98 Å². The topological polar surface area (TPSA) is 67.8 Å². The summed E-state index contributed by atoms with van der Waals surface area (Å²) in [5.74, 6) is 1.09. The van der Waals surface area contributed by atoms with E-state index in [1.165, 1.54) is 0 Å². The number of β-amino-alcohol motifs (C(OH)–C–C–N with tert-alkyl or cyclic N) is 1. The highest BCUT2D eigenvalue weighted by Gasteiger charge is 2.22. The molecule has 1 N–H and O–H groups in total. The Morgan fingerprint density at radius 2 is 1.96 bits per heavy atom. The van der Waals surface area contributed by atoms with Gasteiger partial charge in [-0.3, -0.25) is 9.30 Å². The van der Waals surface area contributed by atoms with Crippen LogP contribution >= 0.6 is 0 Å². The van der Waals surface area contributed by atoms with Crippen LogP contribution in [0, 0.1) is 18.3 Å². The molecular weight excluding hydrogens is 314 g/mol. The predicted molar refractivity (Wildman–Crippen MR) is 97.9 cm³/mol. The third kappa shape index (κ3) is 2.62. The van der Waals surface area contributed by atoms with Gasteiger partial charge in [0.2, 0.25) is 0 Å². The van der Waals surface area contributed by atoms with Crippen molar-refractivity contribution < 1.29 is 5.11 Å². The molecule has 3 heterocycles. The Hall–Kier alpha value is -2.62. The van der Waals surface area contributed by atoms with Gasteiger partial charge in [-0.2, -0.15) is 5.26 Å². The Kier molecular flexibility index (Phi) is 4.04. The average Bonchev–Trinajstić information content (AvgIpc) is 3.01. The number of nitrogens with zero attached hydrogens (tertiary/aromatic N) is 5. The number of aromatic nitrogens is 2. The quantitative estimate of drug-likeness (QED) is 0.790. The lowest BCUT2D eigenvalue weighted by Gasteiger charge is -2.36. The minimum absolute atomic E-state index is 0.201. The van der Waals surface area contributed by atoms with Gasteiger partial charge in [-0.1, -0.05) is 12.1 Å². The van der Waals surface area contributed by atoms with Crippen LogP contribution in [0.5, 0.6) is 0 Å². The first kappa shape index (κ1) is 15.9. The number of anilines is 1. The van der Waals surface area contributed by atoms with E-state index in [1.807, 2.05) is 25.1 Å². The molecule has 1 aliphatic heterocycles. The van der Waals surface area contributed by atoms with Gasteiger partial charge in [0.25, 0.3) is 0 Å². The number of piperazine rings is 1. The average molecular weight is 335 g/mol. The van der Waals surface area contributed by atoms with E-state index < -0.39 is 0 Å². The highest BCUT2D eigenvalue weighted by atomic mass is 16.3. The molecule has 1 aromatic carbocycles. The lowest BCUT2D eigenvalue weighted by Crippen LogP contribution is -2.47. The van der Waals surface area contributed by atoms with Crippen LogP contribution in [0.1, 0.15) is 11.1 Å². The van der Waals surface area contributed by atoms with Crippen LogP contribution in [-0.2, 0) is 0 Å². The second kappa shape index (κ2) is 6.36. The van der Waals surface area contributed by atoms with Gasteiger partial charge in [0, 0.05) is 32.7 Å². The molecule has 0 spiro atoms. The fraction of sp³-hybridized carbons (Fsp3) is 0.368. The van der Waals surface area contributed by atoms with Crippen LogP contribution in [0.25, 0.3) is 16.7 Å². The summed E-state index contributed by atoms with van der Waals surface area (Å²) in [5.41, 5.74) is 4.26. The summed E-state index contributed by atoms with van der Waals surface area (Å²) in [6.45, 7) is 6.54. The molecule has 0 atom stereocenters. The van der Waals surface area contributed by atoms with Crippen molar-refractivity contribution in [1.82, 2.24) is 14.3 Å². The molecule has 25 heavy (non-hydrogen) atoms. The first-order valence-electron chi connectivity index (χ1n) is 8.62. The van der Waals surface area contributed by atoms with Gasteiger partial charge in [0.05, 0.1) is 23.2 Å². The normalized spacial score (nSPS) is 15.8. The number of aryl methyl sites for hydroxylation is 1. The molecule has 6 nitrogen and oxygen atoms in total. The number of aliphatic hydroxyl groups excluding tert-OH is 1. The van der Waals surface area contributed by atoms with E-state index in [0.29, 0.717) is 5.56 Å². The van der Waals surface area contributed by atoms with Gasteiger partial charge in [0.15, 0.2) is 5.65 Å². The molecule has 128 valence electrons. The van der Waals surface area contributed by atoms with E-state index in [1.54, 1.807) is 0 Å². The molecule has 3 aromatic rings. The number of hydrogen-bond acceptors (Lipinski definition) is 5. The lowest BCUT2D eigenvalue weighted by molar-refractivity contribution is 0.188. The monoisotopic (exact) mass is 335 g/mol. The molecule has 0 aliphatic carbocycles. The van der Waals surface area contributed by atoms with Gasteiger partial charge in [0.1, 0.15) is 11.9 Å². The molecule has 1 fully saturated rings. The standard InChI is InChI=1S/C19H21N5O/c1-14-12-18(23-8-6-22(7-9-23)10-11-25)24-17-5-3-2-4-16(17)21-19(24)15(14)13-20/h2-5,12,25H,6-11H2,1H3. The fourth-order valence-electron chi connectivity index (χ4n) is 3.65. The van der Waals surface area contributed by atoms with Crippen molar-refractivity contribution in [2.45, 2.75) is 6.92 Å². The van der Waals surface area contributed by atoms with Crippen molar-refractivity contribution in [2.24, 2.45) is 0 Å². The van der Waals surface area contributed by atoms with E-state index >= 15 is 0 Å². The van der Waals surface area contributed by atoms with Gasteiger partial charge >= 0.3 is 0 Å². The van der Waals surface area contributed by atoms with Crippen LogP contribution in [-0.4, -0.2) is 58.7 Å². The van der Waals surface area contributed by atoms with E-state index in [4.69, 9.17) is 10.1 Å². The first-order chi connectivity index (χ1) is 12.2. The zero-order valence-corrected chi connectivity index (χ0v) is 14.3. The highest BCUT2D eigenvalue weighted by Crippen LogP contribution is 2.29. The summed E-state index contributed by atoms with van der Waals surface area (Å²) in [6, 6.07) is 12.4. The van der Waals surface area contributed by atoms with Crippen LogP contribution in [0.2, 0.25) is 0 Å². The molecule has 1 aliphatic rings. The Morgan fingerprint density at radius 1 is 1.20 bits per heavy atom. The van der Waals surface area contributed by atoms with Gasteiger partial charge in [-0.05, 0) is 30.7 Å². The number of aliphatic hydroxyl groups is 1. The molecule has 4 rings (SSSR count). The number of imidazole rings is 1. The zero-order chi connectivity index (χ0) is 17.4. The van der Waals surface area contributed by atoms with Crippen molar-refractivity contribution in [3.63, 3.8) is 0 Å². The summed E-state index contributed by atoms with van der Waals surface area (Å²) in [7, 11) is 0. The number of pyridine rings is 1. The van der Waals surface area contributed by atoms with Crippen LogP contribution in [0.4, 0.5) is 5.82 Å². The number of benzene rings is 1. The molecule has 6 heteroatoms. The van der Waals surface area contributed by atoms with Crippen LogP contribution in [0.15, 0.2) is 30.3 Å². The third-order valence-electron chi connectivity index (χ3n) is 4.98. The molecule has 0 amide bonds. The number of fused-ring (bicyclic) bond motifs is 3. The largest absolute Gasteiger partial charge is 0.395 e. The van der Waals surface area contributed by atoms with E-state index in [-0.39, 0.29) is 6.61 Å². The van der Waals surface area contributed by atoms with Gasteiger partial charge < -0.3 is 10.0 Å². The summed E-state index contributed by atoms with van der Waals surface area (Å²) in [6.07, 6.45) is 0. The SMILES string of the molecule is Cc1cc(N2CCN(CCO)CC2)n2c(nc3ccccc32)c1C#N. The maximum absolute atomic E-state index is 9.59. The molecule has 0 saturated carbocycles. The smallest absolute Gasteiger partial charge is 0.157 e. The van der Waals surface area contributed by atoms with Crippen molar-refractivity contribution >= 4 is 22.5 Å². The number of hydrogen-bond donors (Lipinski definition) is 1. The molecule has 2 aromatic heterocycles. The fourth-order valence-corrected chi connectivity index (χ4v) is 3.65. The van der Waals surface area contributed by atoms with Crippen LogP contribution in [0.3, 0.4) is 0 Å². The maximum Gasteiger partial charge on any atom is 0.157 e. The van der Waals surface area contributed by atoms with E-state index in [0.717, 1.165) is 60.8 Å². The Morgan fingerprint density at radius 3 is 2.68 bits per heavy atom. The second-order valence-electron chi connectivity index (χ2n) is 6.48. The number of rotatable bonds is 3. The number of para-hydroxylation sites is 2. The summed E-state index contributed by atoms with van der Waals surface area (Å²) < 4.78 is 2.11. The summed E-state index contributed by atoms with van der Waals surface area (Å²) in [5, 5.41) is 18.7. The second-order valence-corrected chi connectivity index (χ2v) is 6.48. The predicted octanol–water partition coefficient (Wildman–Crippen LogP) is 1.78.